The van der Waals surface area contributed by atoms with Crippen molar-refractivity contribution in [1.29, 1.82) is 0 Å². The molecule has 1 heterocycles. The van der Waals surface area contributed by atoms with Crippen LogP contribution in [0.15, 0.2) is 42.7 Å². The van der Waals surface area contributed by atoms with Gasteiger partial charge in [0.2, 0.25) is 5.75 Å². The number of hydrogen-bond acceptors (Lipinski definition) is 5. The summed E-state index contributed by atoms with van der Waals surface area (Å²) in [5.41, 5.74) is 0.655. The van der Waals surface area contributed by atoms with Crippen molar-refractivity contribution in [2.24, 2.45) is 0 Å². The lowest BCUT2D eigenvalue weighted by atomic mass is 10.1. The van der Waals surface area contributed by atoms with Crippen LogP contribution < -0.4 is 10.1 Å². The highest BCUT2D eigenvalue weighted by molar-refractivity contribution is 5.75. The quantitative estimate of drug-likeness (QED) is 0.690. The van der Waals surface area contributed by atoms with Crippen molar-refractivity contribution < 1.29 is 14.5 Å². The van der Waals surface area contributed by atoms with Crippen LogP contribution in [0, 0.1) is 10.1 Å². The van der Waals surface area contributed by atoms with Gasteiger partial charge in [0.05, 0.1) is 4.92 Å². The Morgan fingerprint density at radius 3 is 2.39 bits per heavy atom. The van der Waals surface area contributed by atoms with Crippen molar-refractivity contribution >= 4 is 11.8 Å². The summed E-state index contributed by atoms with van der Waals surface area (Å²) in [6, 6.07) is 7.92. The Labute approximate surface area is 133 Å². The molecule has 0 aliphatic carbocycles. The normalized spacial score (nSPS) is 10.9. The summed E-state index contributed by atoms with van der Waals surface area (Å²) in [5, 5.41) is 13.8. The number of nitrogens with one attached hydrogen (secondary N) is 1. The Morgan fingerprint density at radius 1 is 1.17 bits per heavy atom. The van der Waals surface area contributed by atoms with Gasteiger partial charge in [-0.05, 0) is 50.1 Å². The van der Waals surface area contributed by atoms with Gasteiger partial charge in [0.1, 0.15) is 0 Å². The van der Waals surface area contributed by atoms with Gasteiger partial charge < -0.3 is 10.1 Å². The minimum atomic E-state index is -0.739. The fourth-order valence-electron chi connectivity index (χ4n) is 1.90. The number of carbonyl (C=O) groups excluding carboxylic acids is 1. The summed E-state index contributed by atoms with van der Waals surface area (Å²) in [6.07, 6.45) is 2.46. The van der Waals surface area contributed by atoms with Gasteiger partial charge in [-0.2, -0.15) is 0 Å². The van der Waals surface area contributed by atoms with E-state index < -0.39 is 16.6 Å². The second-order valence-corrected chi connectivity index (χ2v) is 5.94. The van der Waals surface area contributed by atoms with Gasteiger partial charge in [0.15, 0.2) is 0 Å². The number of benzene rings is 1. The van der Waals surface area contributed by atoms with Gasteiger partial charge in [-0.25, -0.2) is 4.79 Å². The zero-order chi connectivity index (χ0) is 17.0. The van der Waals surface area contributed by atoms with E-state index in [9.17, 15) is 14.9 Å². The predicted octanol–water partition coefficient (Wildman–Crippen LogP) is 3.54. The molecule has 0 bridgehead atoms. The molecule has 0 radical (unpaired) electrons. The van der Waals surface area contributed by atoms with Crippen LogP contribution in [0.25, 0.3) is 11.1 Å². The van der Waals surface area contributed by atoms with Crippen LogP contribution >= 0.6 is 0 Å². The predicted molar refractivity (Wildman–Crippen MR) is 85.2 cm³/mol. The first kappa shape index (κ1) is 16.4. The van der Waals surface area contributed by atoms with Crippen molar-refractivity contribution in [3.05, 3.63) is 52.8 Å². The third-order valence-electron chi connectivity index (χ3n) is 2.85. The molecule has 23 heavy (non-hydrogen) atoms. The molecule has 0 fully saturated rings. The summed E-state index contributed by atoms with van der Waals surface area (Å²) in [5.74, 6) is -0.102. The maximum Gasteiger partial charge on any atom is 0.413 e. The van der Waals surface area contributed by atoms with Gasteiger partial charge in [-0.3, -0.25) is 15.1 Å². The molecule has 0 unspecified atom stereocenters. The lowest BCUT2D eigenvalue weighted by Gasteiger charge is -2.19. The molecule has 120 valence electrons. The third kappa shape index (κ3) is 4.50. The van der Waals surface area contributed by atoms with E-state index in [-0.39, 0.29) is 11.4 Å². The molecule has 1 aromatic carbocycles. The Bertz CT molecular complexity index is 724. The molecular formula is C16H17N3O4. The molecule has 0 atom stereocenters. The number of hydrogen-bond donors (Lipinski definition) is 1. The minimum Gasteiger partial charge on any atom is -0.403 e. The summed E-state index contributed by atoms with van der Waals surface area (Å²) < 4.78 is 5.07. The average molecular weight is 315 g/mol. The highest BCUT2D eigenvalue weighted by atomic mass is 16.6. The summed E-state index contributed by atoms with van der Waals surface area (Å²) >= 11 is 0. The molecular weight excluding hydrogens is 298 g/mol. The number of aromatic nitrogens is 1. The molecule has 1 aromatic heterocycles. The number of rotatable bonds is 3. The molecule has 0 saturated heterocycles. The topological polar surface area (TPSA) is 94.4 Å². The number of pyridine rings is 1. The molecule has 0 aliphatic rings. The number of amides is 1. The van der Waals surface area contributed by atoms with E-state index in [0.29, 0.717) is 5.56 Å². The number of ether oxygens (including phenoxy) is 1. The first-order valence-electron chi connectivity index (χ1n) is 6.95. The van der Waals surface area contributed by atoms with Crippen LogP contribution in [0.2, 0.25) is 0 Å². The SMILES string of the molecule is CC(C)(C)NC(=O)Oc1ccc(-c2ccncc2)cc1[N+](=O)[O-]. The second-order valence-electron chi connectivity index (χ2n) is 5.94. The smallest absolute Gasteiger partial charge is 0.403 e. The first-order chi connectivity index (χ1) is 10.8. The van der Waals surface area contributed by atoms with Crippen molar-refractivity contribution in [2.75, 3.05) is 0 Å². The number of carbonyl (C=O) groups is 1. The Hall–Kier alpha value is -2.96. The molecule has 0 saturated carbocycles. The maximum atomic E-state index is 11.8. The average Bonchev–Trinajstić information content (AvgIpc) is 2.46. The second kappa shape index (κ2) is 6.43. The van der Waals surface area contributed by atoms with Crippen molar-refractivity contribution in [3.63, 3.8) is 0 Å². The van der Waals surface area contributed by atoms with Gasteiger partial charge in [-0.1, -0.05) is 6.07 Å². The minimum absolute atomic E-state index is 0.102. The molecule has 0 spiro atoms. The van der Waals surface area contributed by atoms with Gasteiger partial charge in [-0.15, -0.1) is 0 Å². The molecule has 1 amide bonds. The molecule has 2 rings (SSSR count). The van der Waals surface area contributed by atoms with Crippen LogP contribution in [-0.2, 0) is 0 Å². The zero-order valence-electron chi connectivity index (χ0n) is 13.1. The molecule has 1 N–H and O–H groups in total. The van der Waals surface area contributed by atoms with Crippen LogP contribution in [-0.4, -0.2) is 21.5 Å². The molecule has 7 nitrogen and oxygen atoms in total. The summed E-state index contributed by atoms with van der Waals surface area (Å²) in [4.78, 5) is 26.4. The number of nitro groups is 1. The van der Waals surface area contributed by atoms with E-state index in [1.807, 2.05) is 0 Å². The summed E-state index contributed by atoms with van der Waals surface area (Å²) in [6.45, 7) is 5.36. The monoisotopic (exact) mass is 315 g/mol. The van der Waals surface area contributed by atoms with E-state index in [1.54, 1.807) is 51.4 Å². The highest BCUT2D eigenvalue weighted by Gasteiger charge is 2.21. The lowest BCUT2D eigenvalue weighted by Crippen LogP contribution is -2.42. The molecule has 7 heteroatoms. The Kier molecular flexibility index (Phi) is 4.59. The number of nitrogens with zero attached hydrogens (tertiary/aromatic N) is 2. The zero-order valence-corrected chi connectivity index (χ0v) is 13.1. The molecule has 2 aromatic rings. The fourth-order valence-corrected chi connectivity index (χ4v) is 1.90. The van der Waals surface area contributed by atoms with Crippen LogP contribution in [0.4, 0.5) is 10.5 Å². The van der Waals surface area contributed by atoms with Gasteiger partial charge in [0, 0.05) is 24.0 Å². The largest absolute Gasteiger partial charge is 0.413 e. The van der Waals surface area contributed by atoms with Gasteiger partial charge in [0.25, 0.3) is 0 Å². The van der Waals surface area contributed by atoms with E-state index in [2.05, 4.69) is 10.3 Å². The Morgan fingerprint density at radius 2 is 1.83 bits per heavy atom. The maximum absolute atomic E-state index is 11.8. The fraction of sp³-hybridized carbons (Fsp3) is 0.250. The lowest BCUT2D eigenvalue weighted by molar-refractivity contribution is -0.385. The Balaban J connectivity index is 2.31. The van der Waals surface area contributed by atoms with Crippen LogP contribution in [0.3, 0.4) is 0 Å². The van der Waals surface area contributed by atoms with Crippen LogP contribution in [0.5, 0.6) is 5.75 Å². The highest BCUT2D eigenvalue weighted by Crippen LogP contribution is 2.32. The summed E-state index contributed by atoms with van der Waals surface area (Å²) in [7, 11) is 0. The third-order valence-corrected chi connectivity index (χ3v) is 2.85. The van der Waals surface area contributed by atoms with Crippen molar-refractivity contribution in [1.82, 2.24) is 10.3 Å². The van der Waals surface area contributed by atoms with E-state index >= 15 is 0 Å². The van der Waals surface area contributed by atoms with Crippen LogP contribution in [0.1, 0.15) is 20.8 Å². The molecule has 0 aliphatic heterocycles. The first-order valence-corrected chi connectivity index (χ1v) is 6.95. The van der Waals surface area contributed by atoms with E-state index in [0.717, 1.165) is 5.56 Å². The van der Waals surface area contributed by atoms with Gasteiger partial charge >= 0.3 is 11.8 Å². The standard InChI is InChI=1S/C16H17N3O4/c1-16(2,3)18-15(20)23-14-5-4-12(10-13(14)19(21)22)11-6-8-17-9-7-11/h4-10H,1-3H3,(H,18,20). The van der Waals surface area contributed by atoms with Crippen molar-refractivity contribution in [2.45, 2.75) is 26.3 Å². The number of nitro benzene ring substituents is 1. The van der Waals surface area contributed by atoms with E-state index in [1.165, 1.54) is 12.1 Å². The van der Waals surface area contributed by atoms with E-state index in [4.69, 9.17) is 4.74 Å². The van der Waals surface area contributed by atoms with Crippen molar-refractivity contribution in [3.8, 4) is 16.9 Å².